The maximum Gasteiger partial charge on any atom is 0.335 e. The third-order valence-corrected chi connectivity index (χ3v) is 16.5. The summed E-state index contributed by atoms with van der Waals surface area (Å²) < 4.78 is 7.18. The van der Waals surface area contributed by atoms with Crippen LogP contribution in [0.3, 0.4) is 0 Å². The summed E-state index contributed by atoms with van der Waals surface area (Å²) in [4.78, 5) is 22.5. The Balaban J connectivity index is 2.50. The zero-order chi connectivity index (χ0) is 21.7. The van der Waals surface area contributed by atoms with Crippen LogP contribution in [0.1, 0.15) is 48.4 Å². The minimum Gasteiger partial charge on any atom is -0.478 e. The number of carbonyl (C=O) groups is 2. The Labute approximate surface area is 174 Å². The molecule has 0 radical (unpaired) electrons. The monoisotopic (exact) mass is 430 g/mol. The molecule has 0 aliphatic rings. The van der Waals surface area contributed by atoms with E-state index in [1.165, 1.54) is 0 Å². The summed E-state index contributed by atoms with van der Waals surface area (Å²) in [5.41, 5.74) is 0.560. The topological polar surface area (TPSA) is 83.8 Å². The number of hydrogen-bond donors (Lipinski definition) is 2. The molecule has 156 valence electrons. The van der Waals surface area contributed by atoms with Gasteiger partial charge in [-0.1, -0.05) is 52.0 Å². The highest BCUT2D eigenvalue weighted by Crippen LogP contribution is 2.27. The molecule has 2 N–H and O–H groups in total. The summed E-state index contributed by atoms with van der Waals surface area (Å²) in [6.45, 7) is 8.61. The lowest BCUT2D eigenvalue weighted by Gasteiger charge is -2.41. The summed E-state index contributed by atoms with van der Waals surface area (Å²) in [5, 5.41) is 20.7. The van der Waals surface area contributed by atoms with Crippen LogP contribution in [0.5, 0.6) is 0 Å². The molecular weight excluding hydrogens is 400 g/mol. The summed E-state index contributed by atoms with van der Waals surface area (Å²) in [5.74, 6) is -1.86. The van der Waals surface area contributed by atoms with E-state index in [4.69, 9.17) is 4.12 Å². The minimum atomic E-state index is -2.32. The summed E-state index contributed by atoms with van der Waals surface area (Å²) in [7, 11) is -4.64. The maximum absolute atomic E-state index is 11.2. The molecule has 0 heterocycles. The van der Waals surface area contributed by atoms with Crippen molar-refractivity contribution in [3.05, 3.63) is 59.7 Å². The Morgan fingerprint density at radius 3 is 1.14 bits per heavy atom. The molecule has 0 saturated heterocycles. The molecule has 2 aromatic rings. The molecule has 0 bridgehead atoms. The van der Waals surface area contributed by atoms with Crippen LogP contribution in [0.15, 0.2) is 48.5 Å². The fourth-order valence-corrected chi connectivity index (χ4v) is 14.4. The van der Waals surface area contributed by atoms with E-state index in [0.717, 1.165) is 34.5 Å². The Kier molecular flexibility index (Phi) is 7.56. The standard InChI is InChI=1S/C22H30O5Si2/c1-5-28(6-2,19-13-9-17(10-14-19)21(23)24)27-29(7-3,8-4)20-15-11-18(12-16-20)22(25)26/h9-16H,5-8H2,1-4H3,(H,23,24)(H,25,26). The van der Waals surface area contributed by atoms with Gasteiger partial charge in [-0.05, 0) is 58.8 Å². The molecule has 2 aromatic carbocycles. The van der Waals surface area contributed by atoms with Gasteiger partial charge in [-0.15, -0.1) is 0 Å². The van der Waals surface area contributed by atoms with E-state index in [0.29, 0.717) is 0 Å². The molecule has 0 saturated carbocycles. The number of carboxylic acid groups (broad SMARTS) is 2. The van der Waals surface area contributed by atoms with Crippen LogP contribution in [0, 0.1) is 0 Å². The summed E-state index contributed by atoms with van der Waals surface area (Å²) in [6.07, 6.45) is 0. The number of carboxylic acids is 2. The van der Waals surface area contributed by atoms with Gasteiger partial charge >= 0.3 is 11.9 Å². The Bertz CT molecular complexity index is 767. The van der Waals surface area contributed by atoms with E-state index in [1.807, 2.05) is 24.3 Å². The van der Waals surface area contributed by atoms with Gasteiger partial charge in [0, 0.05) is 0 Å². The third-order valence-electron chi connectivity index (χ3n) is 5.99. The van der Waals surface area contributed by atoms with E-state index >= 15 is 0 Å². The van der Waals surface area contributed by atoms with Crippen molar-refractivity contribution in [3.63, 3.8) is 0 Å². The lowest BCUT2D eigenvalue weighted by molar-refractivity contribution is 0.0686. The van der Waals surface area contributed by atoms with Gasteiger partial charge in [-0.3, -0.25) is 0 Å². The molecular formula is C22H30O5Si2. The van der Waals surface area contributed by atoms with Crippen molar-refractivity contribution in [3.8, 4) is 0 Å². The number of rotatable bonds is 10. The van der Waals surface area contributed by atoms with Crippen molar-refractivity contribution in [1.82, 2.24) is 0 Å². The van der Waals surface area contributed by atoms with E-state index in [9.17, 15) is 19.8 Å². The first-order valence-electron chi connectivity index (χ1n) is 10.1. The van der Waals surface area contributed by atoms with Crippen LogP contribution in [0.25, 0.3) is 0 Å². The first kappa shape index (κ1) is 23.1. The van der Waals surface area contributed by atoms with Crippen molar-refractivity contribution >= 4 is 38.9 Å². The number of benzene rings is 2. The average Bonchev–Trinajstić information content (AvgIpc) is 2.76. The second kappa shape index (κ2) is 9.51. The minimum absolute atomic E-state index is 0.280. The quantitative estimate of drug-likeness (QED) is 0.552. The largest absolute Gasteiger partial charge is 0.478 e. The van der Waals surface area contributed by atoms with Crippen molar-refractivity contribution in [1.29, 1.82) is 0 Å². The molecule has 0 aliphatic heterocycles. The van der Waals surface area contributed by atoms with Gasteiger partial charge in [0.05, 0.1) is 11.1 Å². The van der Waals surface area contributed by atoms with E-state index in [1.54, 1.807) is 24.3 Å². The van der Waals surface area contributed by atoms with Crippen LogP contribution in [-0.4, -0.2) is 38.8 Å². The zero-order valence-electron chi connectivity index (χ0n) is 17.6. The van der Waals surface area contributed by atoms with Gasteiger partial charge in [-0.25, -0.2) is 9.59 Å². The lowest BCUT2D eigenvalue weighted by Crippen LogP contribution is -2.62. The predicted octanol–water partition coefficient (Wildman–Crippen LogP) is 4.18. The SMILES string of the molecule is CC[Si](CC)(O[Si](CC)(CC)c1ccc(C(=O)O)cc1)c1ccc(C(=O)O)cc1. The van der Waals surface area contributed by atoms with Crippen LogP contribution in [0.2, 0.25) is 24.2 Å². The highest BCUT2D eigenvalue weighted by molar-refractivity contribution is 6.98. The smallest absolute Gasteiger partial charge is 0.335 e. The Morgan fingerprint density at radius 1 is 0.655 bits per heavy atom. The van der Waals surface area contributed by atoms with Crippen LogP contribution in [-0.2, 0) is 4.12 Å². The number of aromatic carboxylic acids is 2. The molecule has 0 amide bonds. The second-order valence-electron chi connectivity index (χ2n) is 7.27. The third kappa shape index (κ3) is 4.68. The van der Waals surface area contributed by atoms with E-state index < -0.39 is 28.6 Å². The molecule has 0 atom stereocenters. The van der Waals surface area contributed by atoms with Crippen LogP contribution >= 0.6 is 0 Å². The highest BCUT2D eigenvalue weighted by atomic mass is 28.4. The van der Waals surface area contributed by atoms with Crippen LogP contribution < -0.4 is 10.4 Å². The van der Waals surface area contributed by atoms with Crippen molar-refractivity contribution in [2.24, 2.45) is 0 Å². The molecule has 0 aromatic heterocycles. The predicted molar refractivity (Wildman–Crippen MR) is 121 cm³/mol. The molecule has 0 unspecified atom stereocenters. The Morgan fingerprint density at radius 2 is 0.931 bits per heavy atom. The van der Waals surface area contributed by atoms with Crippen molar-refractivity contribution in [2.75, 3.05) is 0 Å². The molecule has 0 fully saturated rings. The van der Waals surface area contributed by atoms with Gasteiger partial charge in [0.25, 0.3) is 0 Å². The summed E-state index contributed by atoms with van der Waals surface area (Å²) >= 11 is 0. The fourth-order valence-electron chi connectivity index (χ4n) is 3.93. The van der Waals surface area contributed by atoms with Gasteiger partial charge < -0.3 is 14.3 Å². The fraction of sp³-hybridized carbons (Fsp3) is 0.364. The van der Waals surface area contributed by atoms with Crippen LogP contribution in [0.4, 0.5) is 0 Å². The molecule has 2 rings (SSSR count). The lowest BCUT2D eigenvalue weighted by atomic mass is 10.2. The zero-order valence-corrected chi connectivity index (χ0v) is 19.6. The second-order valence-corrected chi connectivity index (χ2v) is 16.0. The maximum atomic E-state index is 11.2. The van der Waals surface area contributed by atoms with Gasteiger partial charge in [0.15, 0.2) is 0 Å². The van der Waals surface area contributed by atoms with Crippen molar-refractivity contribution < 1.29 is 23.9 Å². The Hall–Kier alpha value is -2.23. The average molecular weight is 431 g/mol. The van der Waals surface area contributed by atoms with Gasteiger partial charge in [0.2, 0.25) is 16.6 Å². The first-order chi connectivity index (χ1) is 13.8. The van der Waals surface area contributed by atoms with E-state index in [2.05, 4.69) is 27.7 Å². The molecule has 5 nitrogen and oxygen atoms in total. The normalized spacial score (nSPS) is 12.0. The first-order valence-corrected chi connectivity index (χ1v) is 14.8. The molecule has 29 heavy (non-hydrogen) atoms. The highest BCUT2D eigenvalue weighted by Gasteiger charge is 2.44. The molecule has 7 heteroatoms. The molecule has 0 aliphatic carbocycles. The molecule has 0 spiro atoms. The summed E-state index contributed by atoms with van der Waals surface area (Å²) in [6, 6.07) is 17.9. The van der Waals surface area contributed by atoms with Gasteiger partial charge in [0.1, 0.15) is 0 Å². The van der Waals surface area contributed by atoms with Crippen molar-refractivity contribution in [2.45, 2.75) is 51.9 Å². The van der Waals surface area contributed by atoms with E-state index in [-0.39, 0.29) is 11.1 Å². The number of hydrogen-bond acceptors (Lipinski definition) is 3. The van der Waals surface area contributed by atoms with Gasteiger partial charge in [-0.2, -0.15) is 0 Å².